The first-order chi connectivity index (χ1) is 9.13. The molecule has 0 atom stereocenters. The van der Waals surface area contributed by atoms with E-state index in [0.717, 1.165) is 4.47 Å². The number of halogens is 2. The van der Waals surface area contributed by atoms with Crippen molar-refractivity contribution in [1.82, 2.24) is 4.98 Å². The summed E-state index contributed by atoms with van der Waals surface area (Å²) in [5.41, 5.74) is 7.69. The van der Waals surface area contributed by atoms with Gasteiger partial charge in [0.15, 0.2) is 5.58 Å². The summed E-state index contributed by atoms with van der Waals surface area (Å²) in [5.74, 6) is -0.390. The number of oxazole rings is 1. The van der Waals surface area contributed by atoms with Crippen LogP contribution in [0.15, 0.2) is 45.3 Å². The molecule has 0 aliphatic rings. The van der Waals surface area contributed by atoms with Crippen LogP contribution in [0.25, 0.3) is 11.1 Å². The topological polar surface area (TPSA) is 64.1 Å². The number of rotatable bonds is 2. The van der Waals surface area contributed by atoms with Crippen molar-refractivity contribution < 1.29 is 8.81 Å². The van der Waals surface area contributed by atoms with Crippen LogP contribution in [-0.2, 0) is 0 Å². The van der Waals surface area contributed by atoms with Crippen molar-refractivity contribution in [3.63, 3.8) is 0 Å². The first-order valence-electron chi connectivity index (χ1n) is 5.50. The van der Waals surface area contributed by atoms with E-state index in [-0.39, 0.29) is 11.7 Å². The highest BCUT2D eigenvalue weighted by Gasteiger charge is 2.10. The van der Waals surface area contributed by atoms with E-state index in [9.17, 15) is 4.39 Å². The smallest absolute Gasteiger partial charge is 0.300 e. The molecule has 96 valence electrons. The Kier molecular flexibility index (Phi) is 2.87. The van der Waals surface area contributed by atoms with Crippen LogP contribution < -0.4 is 11.1 Å². The van der Waals surface area contributed by atoms with Gasteiger partial charge in [-0.3, -0.25) is 0 Å². The highest BCUT2D eigenvalue weighted by atomic mass is 79.9. The number of benzene rings is 2. The average Bonchev–Trinajstić information content (AvgIpc) is 2.78. The average molecular weight is 322 g/mol. The quantitative estimate of drug-likeness (QED) is 0.699. The fraction of sp³-hybridized carbons (Fsp3) is 0. The van der Waals surface area contributed by atoms with Gasteiger partial charge in [-0.2, -0.15) is 4.98 Å². The zero-order chi connectivity index (χ0) is 13.4. The normalized spacial score (nSPS) is 10.8. The van der Waals surface area contributed by atoms with Gasteiger partial charge in [0.1, 0.15) is 11.3 Å². The lowest BCUT2D eigenvalue weighted by atomic mass is 10.3. The molecule has 0 fully saturated rings. The third-order valence-electron chi connectivity index (χ3n) is 2.62. The Morgan fingerprint density at radius 1 is 1.26 bits per heavy atom. The zero-order valence-corrected chi connectivity index (χ0v) is 11.2. The van der Waals surface area contributed by atoms with E-state index in [1.165, 1.54) is 6.07 Å². The lowest BCUT2D eigenvalue weighted by molar-refractivity contribution is 0.611. The molecule has 0 spiro atoms. The van der Waals surface area contributed by atoms with Crippen LogP contribution in [0.3, 0.4) is 0 Å². The molecular formula is C13H9BrFN3O. The Balaban J connectivity index is 2.01. The molecule has 3 N–H and O–H groups in total. The first-order valence-corrected chi connectivity index (χ1v) is 6.30. The molecule has 3 rings (SSSR count). The molecule has 6 heteroatoms. The highest BCUT2D eigenvalue weighted by molar-refractivity contribution is 9.10. The van der Waals surface area contributed by atoms with E-state index < -0.39 is 5.82 Å². The fourth-order valence-corrected chi connectivity index (χ4v) is 2.09. The van der Waals surface area contributed by atoms with Gasteiger partial charge >= 0.3 is 0 Å². The molecular weight excluding hydrogens is 313 g/mol. The number of nitrogens with zero attached hydrogens (tertiary/aromatic N) is 1. The third kappa shape index (κ3) is 2.26. The van der Waals surface area contributed by atoms with E-state index in [4.69, 9.17) is 10.2 Å². The second kappa shape index (κ2) is 4.55. The Bertz CT molecular complexity index is 757. The highest BCUT2D eigenvalue weighted by Crippen LogP contribution is 2.27. The van der Waals surface area contributed by atoms with Crippen molar-refractivity contribution in [3.8, 4) is 0 Å². The predicted molar refractivity (Wildman–Crippen MR) is 75.8 cm³/mol. The summed E-state index contributed by atoms with van der Waals surface area (Å²) in [6.07, 6.45) is 0. The summed E-state index contributed by atoms with van der Waals surface area (Å²) < 4.78 is 19.8. The number of hydrogen-bond donors (Lipinski definition) is 2. The van der Waals surface area contributed by atoms with Gasteiger partial charge in [0.2, 0.25) is 0 Å². The fourth-order valence-electron chi connectivity index (χ4n) is 1.73. The Morgan fingerprint density at radius 2 is 2.11 bits per heavy atom. The predicted octanol–water partition coefficient (Wildman–Crippen LogP) is 4.06. The molecule has 3 aromatic rings. The summed E-state index contributed by atoms with van der Waals surface area (Å²) in [6, 6.07) is 10.0. The standard InChI is InChI=1S/C13H9BrFN3O/c14-7-4-5-8(15)10(6-7)17-13-18-12-9(16)2-1-3-11(12)19-13/h1-6H,16H2,(H,17,18). The van der Waals surface area contributed by atoms with E-state index in [2.05, 4.69) is 26.2 Å². The molecule has 0 aliphatic heterocycles. The number of aromatic nitrogens is 1. The van der Waals surface area contributed by atoms with Crippen molar-refractivity contribution >= 4 is 44.4 Å². The SMILES string of the molecule is Nc1cccc2oc(Nc3cc(Br)ccc3F)nc12. The molecule has 2 aromatic carbocycles. The number of nitrogens with one attached hydrogen (secondary N) is 1. The lowest BCUT2D eigenvalue weighted by Gasteiger charge is -2.03. The van der Waals surface area contributed by atoms with E-state index in [1.54, 1.807) is 30.3 Å². The van der Waals surface area contributed by atoms with E-state index >= 15 is 0 Å². The minimum absolute atomic E-state index is 0.199. The van der Waals surface area contributed by atoms with Gasteiger partial charge < -0.3 is 15.5 Å². The number of hydrogen-bond acceptors (Lipinski definition) is 4. The molecule has 0 saturated carbocycles. The van der Waals surface area contributed by atoms with E-state index in [1.807, 2.05) is 0 Å². The maximum absolute atomic E-state index is 13.6. The van der Waals surface area contributed by atoms with Gasteiger partial charge in [0.05, 0.1) is 11.4 Å². The molecule has 1 aromatic heterocycles. The lowest BCUT2D eigenvalue weighted by Crippen LogP contribution is -1.94. The maximum atomic E-state index is 13.6. The van der Waals surface area contributed by atoms with Gasteiger partial charge in [-0.05, 0) is 30.3 Å². The molecule has 0 radical (unpaired) electrons. The van der Waals surface area contributed by atoms with Crippen molar-refractivity contribution in [2.45, 2.75) is 0 Å². The molecule has 0 aliphatic carbocycles. The zero-order valence-electron chi connectivity index (χ0n) is 9.65. The minimum Gasteiger partial charge on any atom is -0.423 e. The van der Waals surface area contributed by atoms with Crippen LogP contribution in [0.1, 0.15) is 0 Å². The molecule has 0 bridgehead atoms. The Labute approximate surface area is 116 Å². The maximum Gasteiger partial charge on any atom is 0.300 e. The van der Waals surface area contributed by atoms with Crippen molar-refractivity contribution in [3.05, 3.63) is 46.7 Å². The largest absolute Gasteiger partial charge is 0.423 e. The molecule has 0 unspecified atom stereocenters. The van der Waals surface area contributed by atoms with Crippen LogP contribution in [0.4, 0.5) is 21.8 Å². The number of nitrogens with two attached hydrogens (primary N) is 1. The van der Waals surface area contributed by atoms with Gasteiger partial charge in [0, 0.05) is 4.47 Å². The molecule has 0 amide bonds. The van der Waals surface area contributed by atoms with Crippen molar-refractivity contribution in [2.75, 3.05) is 11.1 Å². The number of fused-ring (bicyclic) bond motifs is 1. The summed E-state index contributed by atoms with van der Waals surface area (Å²) >= 11 is 3.28. The van der Waals surface area contributed by atoms with Crippen LogP contribution in [0, 0.1) is 5.82 Å². The number of anilines is 3. The minimum atomic E-state index is -0.390. The van der Waals surface area contributed by atoms with Crippen LogP contribution in [0.5, 0.6) is 0 Å². The van der Waals surface area contributed by atoms with Crippen LogP contribution in [0.2, 0.25) is 0 Å². The Hall–Kier alpha value is -2.08. The van der Waals surface area contributed by atoms with Crippen LogP contribution in [-0.4, -0.2) is 4.98 Å². The number of para-hydroxylation sites is 1. The molecule has 0 saturated heterocycles. The summed E-state index contributed by atoms with van der Waals surface area (Å²) in [5, 5.41) is 2.79. The second-order valence-corrected chi connectivity index (χ2v) is 4.88. The molecule has 1 heterocycles. The molecule has 19 heavy (non-hydrogen) atoms. The number of nitrogen functional groups attached to an aromatic ring is 1. The Morgan fingerprint density at radius 3 is 2.89 bits per heavy atom. The van der Waals surface area contributed by atoms with Crippen molar-refractivity contribution in [1.29, 1.82) is 0 Å². The van der Waals surface area contributed by atoms with Gasteiger partial charge in [-0.1, -0.05) is 22.0 Å². The first kappa shape index (κ1) is 12.0. The summed E-state index contributed by atoms with van der Waals surface area (Å²) in [7, 11) is 0. The van der Waals surface area contributed by atoms with Gasteiger partial charge in [0.25, 0.3) is 6.01 Å². The monoisotopic (exact) mass is 321 g/mol. The molecule has 4 nitrogen and oxygen atoms in total. The summed E-state index contributed by atoms with van der Waals surface area (Å²) in [6.45, 7) is 0. The third-order valence-corrected chi connectivity index (χ3v) is 3.11. The second-order valence-electron chi connectivity index (χ2n) is 3.96. The van der Waals surface area contributed by atoms with Crippen molar-refractivity contribution in [2.24, 2.45) is 0 Å². The van der Waals surface area contributed by atoms with Crippen LogP contribution >= 0.6 is 15.9 Å². The summed E-state index contributed by atoms with van der Waals surface area (Å²) in [4.78, 5) is 4.19. The van der Waals surface area contributed by atoms with Gasteiger partial charge in [-0.25, -0.2) is 4.39 Å². The van der Waals surface area contributed by atoms with Gasteiger partial charge in [-0.15, -0.1) is 0 Å². The van der Waals surface area contributed by atoms with E-state index in [0.29, 0.717) is 16.8 Å².